The Kier molecular flexibility index (Phi) is 4.97. The minimum Gasteiger partial charge on any atom is -0.308 e. The molecule has 0 radical (unpaired) electrons. The smallest absolute Gasteiger partial charge is 0.308 e. The third-order valence-corrected chi connectivity index (χ3v) is 3.94. The number of nitrogen functional groups attached to an aromatic ring is 1. The van der Waals surface area contributed by atoms with Crippen LogP contribution in [0.1, 0.15) is 11.1 Å². The van der Waals surface area contributed by atoms with Gasteiger partial charge in [-0.2, -0.15) is 13.2 Å². The summed E-state index contributed by atoms with van der Waals surface area (Å²) in [6.45, 7) is 0. The molecule has 1 aromatic carbocycles. The first-order valence-corrected chi connectivity index (χ1v) is 7.18. The van der Waals surface area contributed by atoms with Crippen molar-refractivity contribution in [1.29, 1.82) is 0 Å². The maximum absolute atomic E-state index is 12.8. The lowest BCUT2D eigenvalue weighted by Crippen LogP contribution is -2.12. The average Bonchev–Trinajstić information content (AvgIpc) is 2.45. The summed E-state index contributed by atoms with van der Waals surface area (Å²) in [5.41, 5.74) is 2.16. The fraction of sp³-hybridized carbons (Fsp3) is 0.154. The van der Waals surface area contributed by atoms with Gasteiger partial charge in [0.2, 0.25) is 0 Å². The molecule has 0 aliphatic rings. The van der Waals surface area contributed by atoms with Crippen molar-refractivity contribution in [2.45, 2.75) is 17.0 Å². The summed E-state index contributed by atoms with van der Waals surface area (Å²) >= 11 is 7.16. The van der Waals surface area contributed by atoms with E-state index < -0.39 is 11.7 Å². The van der Waals surface area contributed by atoms with E-state index in [1.54, 1.807) is 12.1 Å². The topological polar surface area (TPSA) is 50.9 Å². The molecule has 0 unspecified atom stereocenters. The number of halogens is 4. The zero-order valence-corrected chi connectivity index (χ0v) is 12.2. The highest BCUT2D eigenvalue weighted by Crippen LogP contribution is 2.34. The molecule has 0 aliphatic carbocycles. The normalized spacial score (nSPS) is 11.5. The van der Waals surface area contributed by atoms with Gasteiger partial charge in [-0.3, -0.25) is 0 Å². The van der Waals surface area contributed by atoms with Crippen molar-refractivity contribution in [3.63, 3.8) is 0 Å². The van der Waals surface area contributed by atoms with Gasteiger partial charge in [-0.1, -0.05) is 29.8 Å². The van der Waals surface area contributed by atoms with E-state index in [0.29, 0.717) is 10.8 Å². The second kappa shape index (κ2) is 6.55. The summed E-state index contributed by atoms with van der Waals surface area (Å²) in [5, 5.41) is 0.784. The van der Waals surface area contributed by atoms with Crippen LogP contribution in [0.3, 0.4) is 0 Å². The van der Waals surface area contributed by atoms with Crippen LogP contribution in [0.15, 0.2) is 41.4 Å². The third-order valence-electron chi connectivity index (χ3n) is 2.61. The number of nitrogens with two attached hydrogens (primary N) is 1. The number of aromatic nitrogens is 1. The molecule has 1 heterocycles. The van der Waals surface area contributed by atoms with E-state index >= 15 is 0 Å². The number of hydrazine groups is 1. The van der Waals surface area contributed by atoms with Gasteiger partial charge >= 0.3 is 6.18 Å². The van der Waals surface area contributed by atoms with Crippen LogP contribution in [0.4, 0.5) is 19.0 Å². The monoisotopic (exact) mass is 333 g/mol. The number of thioether (sulfide) groups is 1. The quantitative estimate of drug-likeness (QED) is 0.496. The number of anilines is 1. The van der Waals surface area contributed by atoms with Crippen LogP contribution in [-0.2, 0) is 11.9 Å². The summed E-state index contributed by atoms with van der Waals surface area (Å²) in [4.78, 5) is 3.99. The van der Waals surface area contributed by atoms with Gasteiger partial charge in [0, 0.05) is 10.8 Å². The van der Waals surface area contributed by atoms with Gasteiger partial charge in [0.25, 0.3) is 0 Å². The number of nitrogens with zero attached hydrogens (tertiary/aromatic N) is 1. The highest BCUT2D eigenvalue weighted by atomic mass is 35.5. The van der Waals surface area contributed by atoms with Crippen molar-refractivity contribution in [2.24, 2.45) is 5.84 Å². The van der Waals surface area contributed by atoms with E-state index in [2.05, 4.69) is 10.4 Å². The Morgan fingerprint density at radius 1 is 1.24 bits per heavy atom. The molecule has 0 spiro atoms. The molecule has 8 heteroatoms. The van der Waals surface area contributed by atoms with Crippen LogP contribution in [0.5, 0.6) is 0 Å². The number of pyridine rings is 1. The minimum atomic E-state index is -4.45. The van der Waals surface area contributed by atoms with Crippen LogP contribution in [0.25, 0.3) is 0 Å². The van der Waals surface area contributed by atoms with E-state index in [0.717, 1.165) is 29.5 Å². The number of hydrogen-bond donors (Lipinski definition) is 2. The maximum Gasteiger partial charge on any atom is 0.416 e. The van der Waals surface area contributed by atoms with Crippen molar-refractivity contribution in [3.8, 4) is 0 Å². The van der Waals surface area contributed by atoms with Crippen molar-refractivity contribution >= 4 is 29.2 Å². The fourth-order valence-corrected chi connectivity index (χ4v) is 2.79. The second-order valence-electron chi connectivity index (χ2n) is 4.10. The Morgan fingerprint density at radius 3 is 2.57 bits per heavy atom. The summed E-state index contributed by atoms with van der Waals surface area (Å²) in [7, 11) is 0. The van der Waals surface area contributed by atoms with Gasteiger partial charge in [0.05, 0.1) is 10.6 Å². The highest BCUT2D eigenvalue weighted by Gasteiger charge is 2.31. The SMILES string of the molecule is NNc1cc(C(F)(F)F)cc(SCc2ccccc2Cl)n1. The summed E-state index contributed by atoms with van der Waals surface area (Å²) in [5.74, 6) is 5.53. The first-order valence-electron chi connectivity index (χ1n) is 5.82. The molecule has 2 aromatic rings. The zero-order chi connectivity index (χ0) is 15.5. The average molecular weight is 334 g/mol. The number of nitrogens with one attached hydrogen (secondary N) is 1. The molecule has 2 rings (SSSR count). The molecule has 0 atom stereocenters. The standard InChI is InChI=1S/C13H11ClF3N3S/c14-10-4-2-1-3-8(10)7-21-12-6-9(13(15,16)17)5-11(19-12)20-18/h1-6H,7,18H2,(H,19,20). The first-order chi connectivity index (χ1) is 9.90. The van der Waals surface area contributed by atoms with Gasteiger partial charge in [0.1, 0.15) is 5.82 Å². The lowest BCUT2D eigenvalue weighted by atomic mass is 10.2. The molecular formula is C13H11ClF3N3S. The molecule has 1 aromatic heterocycles. The van der Waals surface area contributed by atoms with Crippen LogP contribution in [0.2, 0.25) is 5.02 Å². The molecule has 0 bridgehead atoms. The van der Waals surface area contributed by atoms with E-state index in [4.69, 9.17) is 17.4 Å². The molecule has 0 saturated heterocycles. The maximum atomic E-state index is 12.8. The lowest BCUT2D eigenvalue weighted by molar-refractivity contribution is -0.137. The second-order valence-corrected chi connectivity index (χ2v) is 5.50. The summed E-state index contributed by atoms with van der Waals surface area (Å²) < 4.78 is 38.4. The largest absolute Gasteiger partial charge is 0.416 e. The molecule has 0 saturated carbocycles. The summed E-state index contributed by atoms with van der Waals surface area (Å²) in [6, 6.07) is 8.99. The minimum absolute atomic E-state index is 0.0357. The lowest BCUT2D eigenvalue weighted by Gasteiger charge is -2.11. The van der Waals surface area contributed by atoms with Gasteiger partial charge < -0.3 is 5.43 Å². The molecule has 0 aliphatic heterocycles. The third kappa shape index (κ3) is 4.26. The predicted molar refractivity (Wildman–Crippen MR) is 78.1 cm³/mol. The number of alkyl halides is 3. The number of hydrogen-bond acceptors (Lipinski definition) is 4. The van der Waals surface area contributed by atoms with Crippen LogP contribution < -0.4 is 11.3 Å². The molecule has 112 valence electrons. The number of rotatable bonds is 4. The van der Waals surface area contributed by atoms with E-state index in [9.17, 15) is 13.2 Å². The molecule has 3 N–H and O–H groups in total. The van der Waals surface area contributed by atoms with E-state index in [-0.39, 0.29) is 10.8 Å². The van der Waals surface area contributed by atoms with E-state index in [1.807, 2.05) is 12.1 Å². The Morgan fingerprint density at radius 2 is 1.95 bits per heavy atom. The predicted octanol–water partition coefficient (Wildman–Crippen LogP) is 4.33. The molecular weight excluding hydrogens is 323 g/mol. The molecule has 0 fully saturated rings. The van der Waals surface area contributed by atoms with Crippen molar-refractivity contribution < 1.29 is 13.2 Å². The van der Waals surface area contributed by atoms with Gasteiger partial charge in [-0.15, -0.1) is 11.8 Å². The van der Waals surface area contributed by atoms with Crippen molar-refractivity contribution in [3.05, 3.63) is 52.5 Å². The fourth-order valence-electron chi connectivity index (χ4n) is 1.58. The Bertz CT molecular complexity index is 634. The summed E-state index contributed by atoms with van der Waals surface area (Å²) in [6.07, 6.45) is -4.45. The first kappa shape index (κ1) is 15.9. The zero-order valence-electron chi connectivity index (χ0n) is 10.6. The van der Waals surface area contributed by atoms with Crippen LogP contribution in [0, 0.1) is 0 Å². The highest BCUT2D eigenvalue weighted by molar-refractivity contribution is 7.98. The molecule has 0 amide bonds. The number of benzene rings is 1. The molecule has 3 nitrogen and oxygen atoms in total. The Labute approximate surface area is 128 Å². The van der Waals surface area contributed by atoms with Crippen LogP contribution in [-0.4, -0.2) is 4.98 Å². The Balaban J connectivity index is 2.22. The van der Waals surface area contributed by atoms with Crippen LogP contribution >= 0.6 is 23.4 Å². The van der Waals surface area contributed by atoms with E-state index in [1.165, 1.54) is 0 Å². The molecule has 21 heavy (non-hydrogen) atoms. The Hall–Kier alpha value is -1.44. The van der Waals surface area contributed by atoms with Crippen molar-refractivity contribution in [1.82, 2.24) is 4.98 Å². The van der Waals surface area contributed by atoms with Gasteiger partial charge in [0.15, 0.2) is 0 Å². The van der Waals surface area contributed by atoms with Gasteiger partial charge in [-0.25, -0.2) is 10.8 Å². The van der Waals surface area contributed by atoms with Gasteiger partial charge in [-0.05, 0) is 23.8 Å². The van der Waals surface area contributed by atoms with Crippen molar-refractivity contribution in [2.75, 3.05) is 5.43 Å².